The molecule has 2 rings (SSSR count). The zero-order chi connectivity index (χ0) is 14.0. The fourth-order valence-electron chi connectivity index (χ4n) is 2.10. The van der Waals surface area contributed by atoms with E-state index in [9.17, 15) is 9.36 Å². The molecule has 0 saturated heterocycles. The van der Waals surface area contributed by atoms with Crippen LogP contribution in [0.4, 0.5) is 0 Å². The molecule has 0 amide bonds. The van der Waals surface area contributed by atoms with Crippen LogP contribution < -0.4 is 5.30 Å². The highest BCUT2D eigenvalue weighted by Crippen LogP contribution is 2.20. The third-order valence-electron chi connectivity index (χ3n) is 3.50. The first kappa shape index (κ1) is 13.6. The van der Waals surface area contributed by atoms with Crippen LogP contribution in [-0.4, -0.2) is 5.78 Å². The second kappa shape index (κ2) is 5.46. The van der Waals surface area contributed by atoms with Crippen molar-refractivity contribution in [3.8, 4) is 0 Å². The zero-order valence-corrected chi connectivity index (χ0v) is 12.1. The van der Waals surface area contributed by atoms with Crippen LogP contribution >= 0.6 is 8.46 Å². The van der Waals surface area contributed by atoms with Crippen LogP contribution in [0.25, 0.3) is 0 Å². The molecule has 2 aromatic rings. The Morgan fingerprint density at radius 3 is 2.21 bits per heavy atom. The number of hydrogen-bond donors (Lipinski definition) is 0. The molecule has 2 aromatic carbocycles. The SMILES string of the molecule is Cc1cc(C(=O)c2ccccc2)c(P=O)c(C)c1C. The lowest BCUT2D eigenvalue weighted by Crippen LogP contribution is -2.16. The molecular weight excluding hydrogens is 255 g/mol. The van der Waals surface area contributed by atoms with Crippen molar-refractivity contribution in [2.75, 3.05) is 0 Å². The highest BCUT2D eigenvalue weighted by atomic mass is 31.1. The molecule has 0 fully saturated rings. The topological polar surface area (TPSA) is 34.1 Å². The lowest BCUT2D eigenvalue weighted by molar-refractivity contribution is 0.103. The largest absolute Gasteiger partial charge is 0.289 e. The summed E-state index contributed by atoms with van der Waals surface area (Å²) in [7, 11) is -0.108. The fourth-order valence-corrected chi connectivity index (χ4v) is 2.67. The summed E-state index contributed by atoms with van der Waals surface area (Å²) in [5.41, 5.74) is 4.21. The minimum atomic E-state index is -0.108. The molecule has 0 N–H and O–H groups in total. The van der Waals surface area contributed by atoms with Gasteiger partial charge in [0.05, 0.1) is 5.30 Å². The molecule has 0 aromatic heterocycles. The summed E-state index contributed by atoms with van der Waals surface area (Å²) in [6.45, 7) is 5.86. The van der Waals surface area contributed by atoms with Gasteiger partial charge in [0.15, 0.2) is 14.2 Å². The maximum atomic E-state index is 12.5. The van der Waals surface area contributed by atoms with Crippen molar-refractivity contribution >= 4 is 19.5 Å². The lowest BCUT2D eigenvalue weighted by Gasteiger charge is -2.12. The molecule has 0 aliphatic carbocycles. The van der Waals surface area contributed by atoms with Gasteiger partial charge in [0.1, 0.15) is 0 Å². The summed E-state index contributed by atoms with van der Waals surface area (Å²) in [6.07, 6.45) is 0. The predicted molar refractivity (Wildman–Crippen MR) is 77.8 cm³/mol. The van der Waals surface area contributed by atoms with Gasteiger partial charge in [-0.1, -0.05) is 30.3 Å². The van der Waals surface area contributed by atoms with E-state index < -0.39 is 0 Å². The van der Waals surface area contributed by atoms with Crippen LogP contribution in [0.2, 0.25) is 0 Å². The minimum Gasteiger partial charge on any atom is -0.289 e. The molecule has 2 nitrogen and oxygen atoms in total. The summed E-state index contributed by atoms with van der Waals surface area (Å²) >= 11 is 0. The lowest BCUT2D eigenvalue weighted by atomic mass is 9.95. The van der Waals surface area contributed by atoms with Gasteiger partial charge in [0.2, 0.25) is 0 Å². The van der Waals surface area contributed by atoms with E-state index in [-0.39, 0.29) is 14.2 Å². The van der Waals surface area contributed by atoms with E-state index in [0.717, 1.165) is 16.7 Å². The van der Waals surface area contributed by atoms with E-state index in [1.807, 2.05) is 45.0 Å². The Balaban J connectivity index is 2.63. The normalized spacial score (nSPS) is 10.7. The monoisotopic (exact) mass is 270 g/mol. The van der Waals surface area contributed by atoms with Gasteiger partial charge in [-0.05, 0) is 43.5 Å². The van der Waals surface area contributed by atoms with E-state index in [4.69, 9.17) is 0 Å². The zero-order valence-electron chi connectivity index (χ0n) is 11.2. The Labute approximate surface area is 114 Å². The number of carbonyl (C=O) groups excluding carboxylic acids is 1. The van der Waals surface area contributed by atoms with Gasteiger partial charge in [-0.3, -0.25) is 9.36 Å². The quantitative estimate of drug-likeness (QED) is 0.628. The second-order valence-corrected chi connectivity index (χ2v) is 5.26. The minimum absolute atomic E-state index is 0.0786. The molecule has 0 aliphatic heterocycles. The van der Waals surface area contributed by atoms with Crippen LogP contribution in [-0.2, 0) is 4.57 Å². The molecule has 19 heavy (non-hydrogen) atoms. The average Bonchev–Trinajstić information content (AvgIpc) is 2.44. The molecule has 0 aliphatic rings. The van der Waals surface area contributed by atoms with Gasteiger partial charge in [0.25, 0.3) is 0 Å². The van der Waals surface area contributed by atoms with Gasteiger partial charge in [0, 0.05) is 11.1 Å². The predicted octanol–water partition coefficient (Wildman–Crippen LogP) is 3.76. The molecule has 0 bridgehead atoms. The molecule has 0 atom stereocenters. The third-order valence-corrected chi connectivity index (χ3v) is 4.26. The van der Waals surface area contributed by atoms with E-state index in [0.29, 0.717) is 16.4 Å². The fraction of sp³-hybridized carbons (Fsp3) is 0.188. The summed E-state index contributed by atoms with van der Waals surface area (Å²) in [5, 5.41) is 0.594. The summed E-state index contributed by atoms with van der Waals surface area (Å²) in [4.78, 5) is 12.5. The smallest absolute Gasteiger partial charge is 0.194 e. The number of benzene rings is 2. The molecule has 0 unspecified atom stereocenters. The van der Waals surface area contributed by atoms with Crippen LogP contribution in [0.1, 0.15) is 32.6 Å². The maximum Gasteiger partial charge on any atom is 0.194 e. The van der Waals surface area contributed by atoms with E-state index in [2.05, 4.69) is 0 Å². The van der Waals surface area contributed by atoms with Gasteiger partial charge < -0.3 is 0 Å². The van der Waals surface area contributed by atoms with Crippen molar-refractivity contribution < 1.29 is 9.36 Å². The number of hydrogen-bond acceptors (Lipinski definition) is 2. The summed E-state index contributed by atoms with van der Waals surface area (Å²) in [6, 6.07) is 10.9. The van der Waals surface area contributed by atoms with E-state index in [1.165, 1.54) is 0 Å². The van der Waals surface area contributed by atoms with Gasteiger partial charge in [-0.25, -0.2) is 0 Å². The van der Waals surface area contributed by atoms with Crippen molar-refractivity contribution in [3.63, 3.8) is 0 Å². The first-order chi connectivity index (χ1) is 9.06. The second-order valence-electron chi connectivity index (χ2n) is 4.63. The molecule has 0 spiro atoms. The highest BCUT2D eigenvalue weighted by Gasteiger charge is 2.18. The first-order valence-corrected chi connectivity index (χ1v) is 6.91. The Morgan fingerprint density at radius 1 is 1.00 bits per heavy atom. The Morgan fingerprint density at radius 2 is 1.63 bits per heavy atom. The van der Waals surface area contributed by atoms with Crippen molar-refractivity contribution in [3.05, 3.63) is 64.2 Å². The highest BCUT2D eigenvalue weighted by molar-refractivity contribution is 7.34. The molecule has 96 valence electrons. The first-order valence-electron chi connectivity index (χ1n) is 6.10. The Bertz CT molecular complexity index is 646. The third kappa shape index (κ3) is 2.50. The summed E-state index contributed by atoms with van der Waals surface area (Å²) < 4.78 is 11.4. The van der Waals surface area contributed by atoms with Crippen LogP contribution in [0.5, 0.6) is 0 Å². The molecule has 3 heteroatoms. The van der Waals surface area contributed by atoms with Crippen LogP contribution in [0.15, 0.2) is 36.4 Å². The van der Waals surface area contributed by atoms with Crippen LogP contribution in [0, 0.1) is 20.8 Å². The summed E-state index contributed by atoms with van der Waals surface area (Å²) in [5.74, 6) is -0.0786. The molecular formula is C16H15O2P. The maximum absolute atomic E-state index is 12.5. The van der Waals surface area contributed by atoms with Gasteiger partial charge >= 0.3 is 0 Å². The average molecular weight is 270 g/mol. The van der Waals surface area contributed by atoms with Crippen molar-refractivity contribution in [2.45, 2.75) is 20.8 Å². The van der Waals surface area contributed by atoms with E-state index in [1.54, 1.807) is 12.1 Å². The molecule has 0 heterocycles. The van der Waals surface area contributed by atoms with Gasteiger partial charge in [-0.2, -0.15) is 0 Å². The number of ketones is 1. The molecule has 0 saturated carbocycles. The number of aryl methyl sites for hydroxylation is 1. The Hall–Kier alpha value is -1.79. The number of rotatable bonds is 3. The van der Waals surface area contributed by atoms with E-state index >= 15 is 0 Å². The van der Waals surface area contributed by atoms with Crippen molar-refractivity contribution in [2.24, 2.45) is 0 Å². The van der Waals surface area contributed by atoms with Crippen molar-refractivity contribution in [1.82, 2.24) is 0 Å². The van der Waals surface area contributed by atoms with Crippen molar-refractivity contribution in [1.29, 1.82) is 0 Å². The number of carbonyl (C=O) groups is 1. The van der Waals surface area contributed by atoms with Crippen LogP contribution in [0.3, 0.4) is 0 Å². The van der Waals surface area contributed by atoms with Gasteiger partial charge in [-0.15, -0.1) is 0 Å². The standard InChI is InChI=1S/C16H15O2P/c1-10-9-14(16(19-18)12(3)11(10)2)15(17)13-7-5-4-6-8-13/h4-9H,1-3H3. The molecule has 0 radical (unpaired) electrons. The Kier molecular flexibility index (Phi) is 3.92.